The van der Waals surface area contributed by atoms with Gasteiger partial charge in [-0.2, -0.15) is 0 Å². The van der Waals surface area contributed by atoms with Crippen molar-refractivity contribution >= 4 is 26.6 Å². The van der Waals surface area contributed by atoms with Gasteiger partial charge in [0, 0.05) is 11.7 Å². The van der Waals surface area contributed by atoms with E-state index in [0.29, 0.717) is 17.5 Å². The minimum absolute atomic E-state index is 0.0638. The Morgan fingerprint density at radius 3 is 2.94 bits per heavy atom. The van der Waals surface area contributed by atoms with Crippen LogP contribution >= 0.6 is 0 Å². The number of fused-ring (bicyclic) bond motifs is 1. The highest BCUT2D eigenvalue weighted by molar-refractivity contribution is 7.91. The van der Waals surface area contributed by atoms with Crippen LogP contribution in [0.4, 0.5) is 5.69 Å². The molecule has 2 aromatic rings. The van der Waals surface area contributed by atoms with E-state index >= 15 is 0 Å². The highest BCUT2D eigenvalue weighted by atomic mass is 32.2. The molecule has 0 aliphatic carbocycles. The molecule has 1 aliphatic rings. The summed E-state index contributed by atoms with van der Waals surface area (Å²) in [5, 5.41) is 3.15. The Morgan fingerprint density at radius 2 is 2.22 bits per heavy atom. The Hall–Kier alpha value is -1.76. The van der Waals surface area contributed by atoms with Crippen molar-refractivity contribution in [1.29, 1.82) is 0 Å². The summed E-state index contributed by atoms with van der Waals surface area (Å²) < 4.78 is 27.6. The van der Waals surface area contributed by atoms with Crippen LogP contribution < -0.4 is 11.1 Å². The Labute approximate surface area is 103 Å². The van der Waals surface area contributed by atoms with Gasteiger partial charge in [0.1, 0.15) is 0 Å². The number of rotatable bonds is 2. The fourth-order valence-electron chi connectivity index (χ4n) is 2.19. The van der Waals surface area contributed by atoms with E-state index in [4.69, 9.17) is 4.42 Å². The Kier molecular flexibility index (Phi) is 2.44. The van der Waals surface area contributed by atoms with Crippen molar-refractivity contribution in [2.24, 2.45) is 0 Å². The van der Waals surface area contributed by atoms with Crippen molar-refractivity contribution in [3.8, 4) is 0 Å². The van der Waals surface area contributed by atoms with Crippen molar-refractivity contribution in [2.45, 2.75) is 12.5 Å². The molecule has 3 rings (SSSR count). The summed E-state index contributed by atoms with van der Waals surface area (Å²) in [6.07, 6.45) is 0.613. The molecule has 2 heterocycles. The lowest BCUT2D eigenvalue weighted by Crippen LogP contribution is -2.20. The third-order valence-corrected chi connectivity index (χ3v) is 4.79. The number of aromatic nitrogens is 1. The minimum atomic E-state index is -2.89. The Morgan fingerprint density at radius 1 is 1.39 bits per heavy atom. The van der Waals surface area contributed by atoms with E-state index in [1.54, 1.807) is 18.2 Å². The first-order valence-electron chi connectivity index (χ1n) is 5.62. The Balaban J connectivity index is 1.85. The van der Waals surface area contributed by atoms with Crippen molar-refractivity contribution in [3.05, 3.63) is 28.7 Å². The highest BCUT2D eigenvalue weighted by Gasteiger charge is 2.27. The third kappa shape index (κ3) is 2.13. The first-order chi connectivity index (χ1) is 8.52. The summed E-state index contributed by atoms with van der Waals surface area (Å²) in [4.78, 5) is 13.6. The van der Waals surface area contributed by atoms with Gasteiger partial charge >= 0.3 is 5.76 Å². The number of anilines is 1. The maximum atomic E-state index is 11.3. The summed E-state index contributed by atoms with van der Waals surface area (Å²) in [5.41, 5.74) is 1.87. The average Bonchev–Trinajstić information content (AvgIpc) is 2.80. The van der Waals surface area contributed by atoms with Crippen molar-refractivity contribution < 1.29 is 12.8 Å². The first kappa shape index (κ1) is 11.3. The van der Waals surface area contributed by atoms with Crippen LogP contribution in [0.2, 0.25) is 0 Å². The molecule has 1 aromatic carbocycles. The normalized spacial score (nSPS) is 22.3. The molecule has 1 fully saturated rings. The van der Waals surface area contributed by atoms with Gasteiger partial charge in [-0.3, -0.25) is 4.98 Å². The zero-order valence-electron chi connectivity index (χ0n) is 9.47. The topological polar surface area (TPSA) is 92.2 Å². The summed E-state index contributed by atoms with van der Waals surface area (Å²) in [7, 11) is -2.89. The molecular formula is C11H12N2O4S. The minimum Gasteiger partial charge on any atom is -0.408 e. The molecule has 2 N–H and O–H groups in total. The molecule has 96 valence electrons. The van der Waals surface area contributed by atoms with Crippen LogP contribution in [0.1, 0.15) is 6.42 Å². The molecule has 0 radical (unpaired) electrons. The van der Waals surface area contributed by atoms with Gasteiger partial charge in [0.2, 0.25) is 0 Å². The molecule has 1 saturated heterocycles. The second kappa shape index (κ2) is 3.88. The molecule has 0 bridgehead atoms. The molecule has 1 aliphatic heterocycles. The average molecular weight is 268 g/mol. The van der Waals surface area contributed by atoms with Gasteiger partial charge in [0.15, 0.2) is 15.4 Å². The van der Waals surface area contributed by atoms with E-state index in [2.05, 4.69) is 10.3 Å². The molecular weight excluding hydrogens is 256 g/mol. The molecule has 1 unspecified atom stereocenters. The lowest BCUT2D eigenvalue weighted by Gasteiger charge is -2.11. The standard InChI is InChI=1S/C11H12N2O4S/c14-11-13-9-5-7(1-2-10(9)17-11)12-8-3-4-18(15,16)6-8/h1-2,5,8,12H,3-4,6H2,(H,13,14). The summed E-state index contributed by atoms with van der Waals surface area (Å²) >= 11 is 0. The van der Waals surface area contributed by atoms with Gasteiger partial charge in [-0.25, -0.2) is 13.2 Å². The quantitative estimate of drug-likeness (QED) is 0.837. The van der Waals surface area contributed by atoms with Crippen LogP contribution in [-0.2, 0) is 9.84 Å². The molecule has 6 nitrogen and oxygen atoms in total. The van der Waals surface area contributed by atoms with E-state index in [9.17, 15) is 13.2 Å². The molecule has 1 atom stereocenters. The second-order valence-electron chi connectivity index (χ2n) is 4.47. The predicted molar refractivity (Wildman–Crippen MR) is 67.5 cm³/mol. The number of hydrogen-bond acceptors (Lipinski definition) is 5. The maximum Gasteiger partial charge on any atom is 0.417 e. The maximum absolute atomic E-state index is 11.3. The Bertz CT molecular complexity index is 744. The number of oxazole rings is 1. The predicted octanol–water partition coefficient (Wildman–Crippen LogP) is 0.720. The van der Waals surface area contributed by atoms with E-state index in [-0.39, 0.29) is 17.5 Å². The molecule has 1 aromatic heterocycles. The molecule has 0 amide bonds. The van der Waals surface area contributed by atoms with Gasteiger partial charge in [-0.15, -0.1) is 0 Å². The fourth-order valence-corrected chi connectivity index (χ4v) is 3.86. The van der Waals surface area contributed by atoms with Crippen LogP contribution in [0.25, 0.3) is 11.1 Å². The van der Waals surface area contributed by atoms with Crippen LogP contribution in [0.5, 0.6) is 0 Å². The van der Waals surface area contributed by atoms with E-state index in [0.717, 1.165) is 5.69 Å². The van der Waals surface area contributed by atoms with Gasteiger partial charge in [0.05, 0.1) is 17.0 Å². The van der Waals surface area contributed by atoms with Crippen LogP contribution in [0.3, 0.4) is 0 Å². The molecule has 0 saturated carbocycles. The zero-order chi connectivity index (χ0) is 12.8. The second-order valence-corrected chi connectivity index (χ2v) is 6.70. The van der Waals surface area contributed by atoms with Gasteiger partial charge in [-0.1, -0.05) is 0 Å². The van der Waals surface area contributed by atoms with E-state index < -0.39 is 15.6 Å². The number of benzene rings is 1. The smallest absolute Gasteiger partial charge is 0.408 e. The third-order valence-electron chi connectivity index (χ3n) is 3.02. The zero-order valence-corrected chi connectivity index (χ0v) is 10.3. The van der Waals surface area contributed by atoms with Crippen LogP contribution in [0.15, 0.2) is 27.4 Å². The number of hydrogen-bond donors (Lipinski definition) is 2. The van der Waals surface area contributed by atoms with Crippen molar-refractivity contribution in [1.82, 2.24) is 4.98 Å². The number of aromatic amines is 1. The van der Waals surface area contributed by atoms with Crippen molar-refractivity contribution in [2.75, 3.05) is 16.8 Å². The van der Waals surface area contributed by atoms with E-state index in [1.165, 1.54) is 0 Å². The van der Waals surface area contributed by atoms with Gasteiger partial charge < -0.3 is 9.73 Å². The summed E-state index contributed by atoms with van der Waals surface area (Å²) in [6, 6.07) is 5.12. The molecule has 0 spiro atoms. The number of H-pyrrole nitrogens is 1. The lowest BCUT2D eigenvalue weighted by atomic mass is 10.2. The fraction of sp³-hybridized carbons (Fsp3) is 0.364. The largest absolute Gasteiger partial charge is 0.417 e. The van der Waals surface area contributed by atoms with Crippen LogP contribution in [-0.4, -0.2) is 30.9 Å². The lowest BCUT2D eigenvalue weighted by molar-refractivity contribution is 0.555. The SMILES string of the molecule is O=c1[nH]c2cc(NC3CCS(=O)(=O)C3)ccc2o1. The summed E-state index contributed by atoms with van der Waals surface area (Å²) in [6.45, 7) is 0. The van der Waals surface area contributed by atoms with Gasteiger partial charge in [-0.05, 0) is 24.6 Å². The highest BCUT2D eigenvalue weighted by Crippen LogP contribution is 2.20. The van der Waals surface area contributed by atoms with E-state index in [1.807, 2.05) is 0 Å². The number of sulfone groups is 1. The van der Waals surface area contributed by atoms with Gasteiger partial charge in [0.25, 0.3) is 0 Å². The number of nitrogens with one attached hydrogen (secondary N) is 2. The van der Waals surface area contributed by atoms with Crippen LogP contribution in [0, 0.1) is 0 Å². The van der Waals surface area contributed by atoms with Crippen molar-refractivity contribution in [3.63, 3.8) is 0 Å². The molecule has 18 heavy (non-hydrogen) atoms. The molecule has 7 heteroatoms. The first-order valence-corrected chi connectivity index (χ1v) is 7.44. The summed E-state index contributed by atoms with van der Waals surface area (Å²) in [5.74, 6) is -0.104. The monoisotopic (exact) mass is 268 g/mol.